The monoisotopic (exact) mass is 90.0 g/mol. The van der Waals surface area contributed by atoms with Crippen molar-refractivity contribution in [2.75, 3.05) is 0 Å². The van der Waals surface area contributed by atoms with Crippen molar-refractivity contribution in [2.24, 2.45) is 0 Å². The van der Waals surface area contributed by atoms with Crippen LogP contribution in [-0.2, 0) is 15.0 Å². The molecule has 0 aromatic carbocycles. The highest BCUT2D eigenvalue weighted by molar-refractivity contribution is 4.64. The Morgan fingerprint density at radius 1 is 1.67 bits per heavy atom. The van der Waals surface area contributed by atoms with Gasteiger partial charge in [0.05, 0.1) is 0 Å². The van der Waals surface area contributed by atoms with Gasteiger partial charge in [-0.25, -0.2) is 5.26 Å². The van der Waals surface area contributed by atoms with Crippen LogP contribution in [0.1, 0.15) is 0 Å². The molecule has 6 heavy (non-hydrogen) atoms. The van der Waals surface area contributed by atoms with Crippen LogP contribution in [0.2, 0.25) is 0 Å². The van der Waals surface area contributed by atoms with E-state index < -0.39 is 0 Å². The van der Waals surface area contributed by atoms with Gasteiger partial charge in [0, 0.05) is 5.04 Å². The third kappa shape index (κ3) is 3.24. The lowest BCUT2D eigenvalue weighted by Gasteiger charge is -1.82. The molecule has 0 saturated carbocycles. The Balaban J connectivity index is 2.54. The summed E-state index contributed by atoms with van der Waals surface area (Å²) >= 11 is 0. The molecular weight excluding hydrogens is 88.0 g/mol. The molecule has 0 aliphatic carbocycles. The van der Waals surface area contributed by atoms with E-state index in [2.05, 4.69) is 21.4 Å². The van der Waals surface area contributed by atoms with Crippen molar-refractivity contribution < 1.29 is 20.2 Å². The van der Waals surface area contributed by atoms with E-state index >= 15 is 0 Å². The molecule has 0 radical (unpaired) electrons. The van der Waals surface area contributed by atoms with Crippen molar-refractivity contribution in [1.29, 1.82) is 0 Å². The van der Waals surface area contributed by atoms with Crippen molar-refractivity contribution in [3.05, 3.63) is 0 Å². The summed E-state index contributed by atoms with van der Waals surface area (Å²) < 4.78 is 0. The van der Waals surface area contributed by atoms with Gasteiger partial charge in [0.2, 0.25) is 0 Å². The first-order chi connectivity index (χ1) is 2.91. The minimum atomic E-state index is 1.56. The lowest BCUT2D eigenvalue weighted by molar-refractivity contribution is -0.605. The first-order valence-corrected chi connectivity index (χ1v) is 1.01. The minimum Gasteiger partial charge on any atom is -0.250 e. The molecule has 34 valence electrons. The standard InChI is InChI=1S/C2H2O4/c1-2-4-6-5-3/h1,3H. The van der Waals surface area contributed by atoms with E-state index in [9.17, 15) is 0 Å². The van der Waals surface area contributed by atoms with Crippen molar-refractivity contribution in [2.45, 2.75) is 0 Å². The van der Waals surface area contributed by atoms with E-state index in [0.717, 1.165) is 0 Å². The van der Waals surface area contributed by atoms with Gasteiger partial charge in [-0.15, -0.1) is 0 Å². The predicted octanol–water partition coefficient (Wildman–Crippen LogP) is -0.0701. The van der Waals surface area contributed by atoms with Crippen LogP contribution in [0.4, 0.5) is 0 Å². The van der Waals surface area contributed by atoms with E-state index in [1.807, 2.05) is 0 Å². The Morgan fingerprint density at radius 2 is 2.33 bits per heavy atom. The lowest BCUT2D eigenvalue weighted by Crippen LogP contribution is -1.83. The fourth-order valence-electron chi connectivity index (χ4n) is 0.0349. The van der Waals surface area contributed by atoms with Gasteiger partial charge in [-0.1, -0.05) is 6.42 Å². The maximum atomic E-state index is 7.25. The van der Waals surface area contributed by atoms with Crippen LogP contribution in [0.5, 0.6) is 0 Å². The largest absolute Gasteiger partial charge is 0.250 e. The zero-order chi connectivity index (χ0) is 4.83. The zero-order valence-corrected chi connectivity index (χ0v) is 2.75. The number of rotatable bonds is 2. The topological polar surface area (TPSA) is 47.9 Å². The molecule has 0 aromatic heterocycles. The molecule has 4 nitrogen and oxygen atoms in total. The Bertz CT molecular complexity index is 53.1. The summed E-state index contributed by atoms with van der Waals surface area (Å²) in [6.07, 6.45) is 5.99. The Labute approximate surface area is 34.0 Å². The zero-order valence-electron chi connectivity index (χ0n) is 2.75. The summed E-state index contributed by atoms with van der Waals surface area (Å²) in [5.41, 5.74) is 0. The highest BCUT2D eigenvalue weighted by atomic mass is 17.6. The normalized spacial score (nSPS) is 6.67. The molecule has 0 unspecified atom stereocenters. The molecule has 0 spiro atoms. The molecule has 0 aromatic rings. The van der Waals surface area contributed by atoms with E-state index in [4.69, 9.17) is 5.26 Å². The average molecular weight is 90.0 g/mol. The van der Waals surface area contributed by atoms with Gasteiger partial charge in [0.15, 0.2) is 6.11 Å². The van der Waals surface area contributed by atoms with Crippen LogP contribution in [0.25, 0.3) is 0 Å². The third-order valence-electron chi connectivity index (χ3n) is 0.113. The minimum absolute atomic E-state index is 1.56. The summed E-state index contributed by atoms with van der Waals surface area (Å²) in [4.78, 5) is 3.54. The Hall–Kier alpha value is -0.760. The molecule has 1 N–H and O–H groups in total. The fourth-order valence-corrected chi connectivity index (χ4v) is 0.0349. The second kappa shape index (κ2) is 4.24. The molecule has 0 aliphatic heterocycles. The maximum absolute atomic E-state index is 7.25. The smallest absolute Gasteiger partial charge is 0.157 e. The van der Waals surface area contributed by atoms with Crippen molar-refractivity contribution in [3.8, 4) is 12.5 Å². The van der Waals surface area contributed by atoms with Gasteiger partial charge < -0.3 is 0 Å². The van der Waals surface area contributed by atoms with E-state index in [1.54, 1.807) is 6.11 Å². The quantitative estimate of drug-likeness (QED) is 0.223. The molecule has 0 bridgehead atoms. The van der Waals surface area contributed by atoms with E-state index in [0.29, 0.717) is 0 Å². The molecule has 0 amide bonds. The average Bonchev–Trinajstić information content (AvgIpc) is 1.61. The van der Waals surface area contributed by atoms with Crippen LogP contribution in [0.15, 0.2) is 0 Å². The Morgan fingerprint density at radius 3 is 2.50 bits per heavy atom. The van der Waals surface area contributed by atoms with Crippen LogP contribution >= 0.6 is 0 Å². The van der Waals surface area contributed by atoms with Gasteiger partial charge in [-0.05, 0) is 5.04 Å². The Kier molecular flexibility index (Phi) is 3.70. The van der Waals surface area contributed by atoms with Gasteiger partial charge in [0.1, 0.15) is 0 Å². The SMILES string of the molecule is C#COOOO. The van der Waals surface area contributed by atoms with E-state index in [-0.39, 0.29) is 0 Å². The summed E-state index contributed by atoms with van der Waals surface area (Å²) in [6, 6.07) is 0. The third-order valence-corrected chi connectivity index (χ3v) is 0.113. The highest BCUT2D eigenvalue weighted by Crippen LogP contribution is 1.68. The predicted molar refractivity (Wildman–Crippen MR) is 14.7 cm³/mol. The summed E-state index contributed by atoms with van der Waals surface area (Å²) in [5, 5.41) is 13.5. The number of hydrogen-bond acceptors (Lipinski definition) is 4. The first kappa shape index (κ1) is 5.24. The maximum Gasteiger partial charge on any atom is 0.157 e. The molecule has 0 saturated heterocycles. The summed E-state index contributed by atoms with van der Waals surface area (Å²) in [5.74, 6) is 0. The number of hydrogen-bond donors (Lipinski definition) is 1. The van der Waals surface area contributed by atoms with Crippen LogP contribution < -0.4 is 0 Å². The van der Waals surface area contributed by atoms with Crippen molar-refractivity contribution in [1.82, 2.24) is 0 Å². The fraction of sp³-hybridized carbons (Fsp3) is 0. The molecule has 0 atom stereocenters. The second-order valence-electron chi connectivity index (χ2n) is 0.344. The van der Waals surface area contributed by atoms with Crippen molar-refractivity contribution in [3.63, 3.8) is 0 Å². The molecule has 0 heterocycles. The van der Waals surface area contributed by atoms with Gasteiger partial charge >= 0.3 is 0 Å². The second-order valence-corrected chi connectivity index (χ2v) is 0.344. The van der Waals surface area contributed by atoms with Gasteiger partial charge in [-0.2, -0.15) is 0 Å². The highest BCUT2D eigenvalue weighted by Gasteiger charge is 1.70. The van der Waals surface area contributed by atoms with Crippen molar-refractivity contribution >= 4 is 0 Å². The van der Waals surface area contributed by atoms with E-state index in [1.165, 1.54) is 0 Å². The lowest BCUT2D eigenvalue weighted by atomic mass is 11.3. The molecular formula is C2H2O4. The summed E-state index contributed by atoms with van der Waals surface area (Å²) in [7, 11) is 0. The molecule has 0 aliphatic rings. The molecule has 0 fully saturated rings. The van der Waals surface area contributed by atoms with Gasteiger partial charge in [-0.3, -0.25) is 4.89 Å². The van der Waals surface area contributed by atoms with Crippen LogP contribution in [-0.4, -0.2) is 5.26 Å². The van der Waals surface area contributed by atoms with Crippen LogP contribution in [0, 0.1) is 12.5 Å². The molecule has 4 heteroatoms. The van der Waals surface area contributed by atoms with Gasteiger partial charge in [0.25, 0.3) is 0 Å². The number of terminal acetylenes is 1. The molecule has 0 rings (SSSR count). The first-order valence-electron chi connectivity index (χ1n) is 1.01. The summed E-state index contributed by atoms with van der Waals surface area (Å²) in [6.45, 7) is 0. The van der Waals surface area contributed by atoms with Crippen LogP contribution in [0.3, 0.4) is 0 Å².